The summed E-state index contributed by atoms with van der Waals surface area (Å²) >= 11 is 0. The number of anilines is 1. The molecule has 0 radical (unpaired) electrons. The Morgan fingerprint density at radius 1 is 1.09 bits per heavy atom. The Labute approximate surface area is 190 Å². The summed E-state index contributed by atoms with van der Waals surface area (Å²) in [6.45, 7) is 5.41. The summed E-state index contributed by atoms with van der Waals surface area (Å²) in [6.07, 6.45) is 1.04. The van der Waals surface area contributed by atoms with E-state index in [9.17, 15) is 18.0 Å². The molecule has 9 heteroatoms. The molecular weight excluding hydrogens is 430 g/mol. The molecule has 0 fully saturated rings. The molecule has 174 valence electrons. The second-order valence-electron chi connectivity index (χ2n) is 7.47. The Kier molecular flexibility index (Phi) is 8.65. The lowest BCUT2D eigenvalue weighted by Crippen LogP contribution is -2.50. The molecule has 2 amide bonds. The lowest BCUT2D eigenvalue weighted by atomic mass is 10.1. The third-order valence-electron chi connectivity index (χ3n) is 5.00. The fourth-order valence-electron chi connectivity index (χ4n) is 3.22. The lowest BCUT2D eigenvalue weighted by molar-refractivity contribution is -0.139. The van der Waals surface area contributed by atoms with E-state index in [1.165, 1.54) is 11.9 Å². The van der Waals surface area contributed by atoms with Gasteiger partial charge in [0.1, 0.15) is 18.3 Å². The zero-order chi connectivity index (χ0) is 23.9. The Bertz CT molecular complexity index is 1040. The van der Waals surface area contributed by atoms with E-state index >= 15 is 0 Å². The minimum absolute atomic E-state index is 0.165. The molecule has 0 aliphatic heterocycles. The zero-order valence-electron chi connectivity index (χ0n) is 19.2. The van der Waals surface area contributed by atoms with Gasteiger partial charge >= 0.3 is 0 Å². The van der Waals surface area contributed by atoms with Crippen LogP contribution < -0.4 is 14.4 Å². The molecule has 0 aliphatic carbocycles. The first-order valence-electron chi connectivity index (χ1n) is 10.3. The van der Waals surface area contributed by atoms with Crippen LogP contribution >= 0.6 is 0 Å². The molecule has 0 heterocycles. The highest BCUT2D eigenvalue weighted by Crippen LogP contribution is 2.30. The van der Waals surface area contributed by atoms with Gasteiger partial charge in [-0.15, -0.1) is 0 Å². The van der Waals surface area contributed by atoms with Gasteiger partial charge in [-0.1, -0.05) is 42.0 Å². The highest BCUT2D eigenvalue weighted by Gasteiger charge is 2.30. The van der Waals surface area contributed by atoms with Gasteiger partial charge < -0.3 is 15.0 Å². The topological polar surface area (TPSA) is 96.0 Å². The second kappa shape index (κ2) is 11.0. The minimum atomic E-state index is -3.81. The first-order chi connectivity index (χ1) is 15.1. The number of sulfonamides is 1. The summed E-state index contributed by atoms with van der Waals surface area (Å²) in [5, 5.41) is 2.55. The number of aryl methyl sites for hydroxylation is 1. The summed E-state index contributed by atoms with van der Waals surface area (Å²) in [5.41, 5.74) is 2.18. The van der Waals surface area contributed by atoms with Crippen LogP contribution in [0.3, 0.4) is 0 Å². The monoisotopic (exact) mass is 461 g/mol. The van der Waals surface area contributed by atoms with Crippen LogP contribution in [0.2, 0.25) is 0 Å². The number of benzene rings is 2. The summed E-state index contributed by atoms with van der Waals surface area (Å²) in [4.78, 5) is 27.1. The van der Waals surface area contributed by atoms with E-state index < -0.39 is 28.5 Å². The Morgan fingerprint density at radius 3 is 2.28 bits per heavy atom. The van der Waals surface area contributed by atoms with Gasteiger partial charge in [-0.25, -0.2) is 8.42 Å². The van der Waals surface area contributed by atoms with Gasteiger partial charge in [0, 0.05) is 13.6 Å². The number of carbonyl (C=O) groups is 2. The molecule has 2 aromatic carbocycles. The van der Waals surface area contributed by atoms with E-state index in [1.807, 2.05) is 31.2 Å². The third kappa shape index (κ3) is 6.46. The molecule has 0 spiro atoms. The van der Waals surface area contributed by atoms with Crippen LogP contribution in [-0.2, 0) is 26.2 Å². The molecule has 2 aromatic rings. The van der Waals surface area contributed by atoms with Gasteiger partial charge in [0.15, 0.2) is 0 Å². The van der Waals surface area contributed by atoms with E-state index in [0.29, 0.717) is 12.4 Å². The van der Waals surface area contributed by atoms with E-state index in [2.05, 4.69) is 5.32 Å². The average Bonchev–Trinajstić information content (AvgIpc) is 2.76. The van der Waals surface area contributed by atoms with Crippen molar-refractivity contribution >= 4 is 27.5 Å². The van der Waals surface area contributed by atoms with Crippen molar-refractivity contribution in [2.45, 2.75) is 33.4 Å². The van der Waals surface area contributed by atoms with Crippen molar-refractivity contribution in [2.24, 2.45) is 0 Å². The maximum absolute atomic E-state index is 13.4. The standard InChI is InChI=1S/C23H31N3O5S/c1-6-31-21-10-8-7-9-20(21)26(32(5,29)30)16-22(27)25(18(3)23(28)24-4)15-19-13-11-17(2)12-14-19/h7-14,18H,6,15-16H2,1-5H3,(H,24,28)/t18-/m1/s1. The van der Waals surface area contributed by atoms with Gasteiger partial charge in [0.05, 0.1) is 18.6 Å². The molecule has 1 atom stereocenters. The summed E-state index contributed by atoms with van der Waals surface area (Å²) in [5.74, 6) is -0.484. The predicted molar refractivity (Wildman–Crippen MR) is 125 cm³/mol. The van der Waals surface area contributed by atoms with E-state index in [1.54, 1.807) is 38.1 Å². The maximum Gasteiger partial charge on any atom is 0.244 e. The SMILES string of the molecule is CCOc1ccccc1N(CC(=O)N(Cc1ccc(C)cc1)[C@H](C)C(=O)NC)S(C)(=O)=O. The number of likely N-dealkylation sites (N-methyl/N-ethyl adjacent to an activating group) is 1. The molecule has 0 saturated carbocycles. The van der Waals surface area contributed by atoms with Crippen molar-refractivity contribution in [3.8, 4) is 5.75 Å². The largest absolute Gasteiger partial charge is 0.492 e. The van der Waals surface area contributed by atoms with Crippen LogP contribution in [0.25, 0.3) is 0 Å². The van der Waals surface area contributed by atoms with Gasteiger partial charge in [-0.05, 0) is 38.5 Å². The molecule has 32 heavy (non-hydrogen) atoms. The maximum atomic E-state index is 13.4. The van der Waals surface area contributed by atoms with Crippen LogP contribution in [0.5, 0.6) is 5.75 Å². The van der Waals surface area contributed by atoms with Gasteiger partial charge in [0.2, 0.25) is 21.8 Å². The fourth-order valence-corrected chi connectivity index (χ4v) is 4.07. The van der Waals surface area contributed by atoms with Crippen molar-refractivity contribution in [3.63, 3.8) is 0 Å². The molecule has 8 nitrogen and oxygen atoms in total. The zero-order valence-corrected chi connectivity index (χ0v) is 20.0. The van der Waals surface area contributed by atoms with Crippen molar-refractivity contribution in [1.82, 2.24) is 10.2 Å². The van der Waals surface area contributed by atoms with Crippen molar-refractivity contribution in [1.29, 1.82) is 0 Å². The van der Waals surface area contributed by atoms with Crippen molar-refractivity contribution < 1.29 is 22.7 Å². The Hall–Kier alpha value is -3.07. The van der Waals surface area contributed by atoms with E-state index in [-0.39, 0.29) is 18.1 Å². The van der Waals surface area contributed by atoms with Gasteiger partial charge in [-0.3, -0.25) is 13.9 Å². The Morgan fingerprint density at radius 2 is 1.72 bits per heavy atom. The number of amides is 2. The third-order valence-corrected chi connectivity index (χ3v) is 6.13. The number of nitrogens with zero attached hydrogens (tertiary/aromatic N) is 2. The number of para-hydroxylation sites is 2. The normalized spacial score (nSPS) is 12.0. The first-order valence-corrected chi connectivity index (χ1v) is 12.2. The Balaban J connectivity index is 2.41. The molecule has 0 saturated heterocycles. The van der Waals surface area contributed by atoms with Crippen LogP contribution in [-0.4, -0.2) is 57.6 Å². The van der Waals surface area contributed by atoms with Gasteiger partial charge in [0.25, 0.3) is 0 Å². The number of rotatable bonds is 10. The second-order valence-corrected chi connectivity index (χ2v) is 9.37. The first kappa shape index (κ1) is 25.2. The molecular formula is C23H31N3O5S. The van der Waals surface area contributed by atoms with E-state index in [4.69, 9.17) is 4.74 Å². The number of carbonyl (C=O) groups excluding carboxylic acids is 2. The van der Waals surface area contributed by atoms with Crippen molar-refractivity contribution in [3.05, 3.63) is 59.7 Å². The highest BCUT2D eigenvalue weighted by atomic mass is 32.2. The van der Waals surface area contributed by atoms with Crippen LogP contribution in [0.15, 0.2) is 48.5 Å². The molecule has 0 aliphatic rings. The molecule has 1 N–H and O–H groups in total. The minimum Gasteiger partial charge on any atom is -0.492 e. The van der Waals surface area contributed by atoms with Crippen LogP contribution in [0.1, 0.15) is 25.0 Å². The summed E-state index contributed by atoms with van der Waals surface area (Å²) in [6, 6.07) is 13.5. The number of hydrogen-bond acceptors (Lipinski definition) is 5. The fraction of sp³-hybridized carbons (Fsp3) is 0.391. The van der Waals surface area contributed by atoms with Crippen molar-refractivity contribution in [2.75, 3.05) is 30.8 Å². The van der Waals surface area contributed by atoms with Crippen LogP contribution in [0, 0.1) is 6.92 Å². The molecule has 0 unspecified atom stereocenters. The van der Waals surface area contributed by atoms with Crippen LogP contribution in [0.4, 0.5) is 5.69 Å². The molecule has 0 bridgehead atoms. The predicted octanol–water partition coefficient (Wildman–Crippen LogP) is 2.32. The highest BCUT2D eigenvalue weighted by molar-refractivity contribution is 7.92. The summed E-state index contributed by atoms with van der Waals surface area (Å²) in [7, 11) is -2.32. The average molecular weight is 462 g/mol. The smallest absolute Gasteiger partial charge is 0.244 e. The van der Waals surface area contributed by atoms with E-state index in [0.717, 1.165) is 21.7 Å². The number of ether oxygens (including phenoxy) is 1. The van der Waals surface area contributed by atoms with Gasteiger partial charge in [-0.2, -0.15) is 0 Å². The number of hydrogen-bond donors (Lipinski definition) is 1. The molecule has 0 aromatic heterocycles. The number of nitrogens with one attached hydrogen (secondary N) is 1. The quantitative estimate of drug-likeness (QED) is 0.586. The summed E-state index contributed by atoms with van der Waals surface area (Å²) < 4.78 is 31.8. The molecule has 2 rings (SSSR count). The lowest BCUT2D eigenvalue weighted by Gasteiger charge is -2.31.